The molecule has 1 aromatic carbocycles. The Labute approximate surface area is 98.3 Å². The van der Waals surface area contributed by atoms with Crippen LogP contribution in [0.4, 0.5) is 0 Å². The molecule has 0 saturated carbocycles. The molecule has 0 aromatic heterocycles. The highest BCUT2D eigenvalue weighted by atomic mass is 35.5. The average Bonchev–Trinajstić information content (AvgIpc) is 2.17. The number of nitrogens with zero attached hydrogens (tertiary/aromatic N) is 1. The van der Waals surface area contributed by atoms with Crippen LogP contribution in [0.1, 0.15) is 18.0 Å². The van der Waals surface area contributed by atoms with Crippen LogP contribution in [0.3, 0.4) is 0 Å². The standard InChI is InChI=1S/C10H11Cl2N3/c11-6-2-1-3-7(12)9(6)8-4-5-14-10(13)15-8/h1-3,8H,4-5H2,(H3,13,14,15). The van der Waals surface area contributed by atoms with Gasteiger partial charge in [-0.2, -0.15) is 0 Å². The van der Waals surface area contributed by atoms with E-state index in [4.69, 9.17) is 28.9 Å². The number of guanidine groups is 1. The number of benzene rings is 1. The lowest BCUT2D eigenvalue weighted by molar-refractivity contribution is 0.569. The fourth-order valence-electron chi connectivity index (χ4n) is 1.67. The normalized spacial score (nSPS) is 20.7. The minimum absolute atomic E-state index is 0.0590. The summed E-state index contributed by atoms with van der Waals surface area (Å²) >= 11 is 12.2. The van der Waals surface area contributed by atoms with Gasteiger partial charge in [-0.3, -0.25) is 4.99 Å². The van der Waals surface area contributed by atoms with Gasteiger partial charge in [0.25, 0.3) is 0 Å². The number of nitrogens with two attached hydrogens (primary N) is 1. The molecule has 0 bridgehead atoms. The molecule has 1 atom stereocenters. The first-order chi connectivity index (χ1) is 7.18. The van der Waals surface area contributed by atoms with Crippen molar-refractivity contribution in [3.8, 4) is 0 Å². The minimum Gasteiger partial charge on any atom is -0.370 e. The van der Waals surface area contributed by atoms with Gasteiger partial charge in [0.05, 0.1) is 6.04 Å². The van der Waals surface area contributed by atoms with Gasteiger partial charge in [0.2, 0.25) is 0 Å². The molecule has 0 fully saturated rings. The Bertz CT molecular complexity index is 383. The highest BCUT2D eigenvalue weighted by molar-refractivity contribution is 6.36. The van der Waals surface area contributed by atoms with E-state index in [0.717, 1.165) is 12.0 Å². The quantitative estimate of drug-likeness (QED) is 0.796. The molecule has 3 nitrogen and oxygen atoms in total. The predicted molar refractivity (Wildman–Crippen MR) is 63.4 cm³/mol. The lowest BCUT2D eigenvalue weighted by atomic mass is 10.0. The topological polar surface area (TPSA) is 50.4 Å². The van der Waals surface area contributed by atoms with E-state index in [0.29, 0.717) is 22.5 Å². The van der Waals surface area contributed by atoms with Gasteiger partial charge in [-0.1, -0.05) is 29.3 Å². The van der Waals surface area contributed by atoms with Crippen LogP contribution in [0, 0.1) is 0 Å². The zero-order chi connectivity index (χ0) is 10.8. The summed E-state index contributed by atoms with van der Waals surface area (Å²) in [5.41, 5.74) is 6.52. The van der Waals surface area contributed by atoms with Gasteiger partial charge in [-0.15, -0.1) is 0 Å². The van der Waals surface area contributed by atoms with Gasteiger partial charge in [-0.25, -0.2) is 0 Å². The molecule has 15 heavy (non-hydrogen) atoms. The second kappa shape index (κ2) is 4.29. The van der Waals surface area contributed by atoms with Crippen molar-refractivity contribution in [2.24, 2.45) is 10.7 Å². The SMILES string of the molecule is NC1=NCCC(c2c(Cl)cccc2Cl)N1. The summed E-state index contributed by atoms with van der Waals surface area (Å²) in [4.78, 5) is 4.06. The van der Waals surface area contributed by atoms with Crippen LogP contribution < -0.4 is 11.1 Å². The Kier molecular flexibility index (Phi) is 3.03. The van der Waals surface area contributed by atoms with Crippen molar-refractivity contribution in [2.75, 3.05) is 6.54 Å². The third-order valence-electron chi connectivity index (χ3n) is 2.37. The molecule has 5 heteroatoms. The second-order valence-corrected chi connectivity index (χ2v) is 4.20. The Balaban J connectivity index is 2.33. The van der Waals surface area contributed by atoms with E-state index in [1.807, 2.05) is 18.2 Å². The Morgan fingerprint density at radius 1 is 1.33 bits per heavy atom. The molecule has 0 spiro atoms. The molecule has 1 aromatic rings. The van der Waals surface area contributed by atoms with Gasteiger partial charge in [0.15, 0.2) is 5.96 Å². The van der Waals surface area contributed by atoms with Gasteiger partial charge in [0.1, 0.15) is 0 Å². The van der Waals surface area contributed by atoms with Crippen LogP contribution in [0.15, 0.2) is 23.2 Å². The summed E-state index contributed by atoms with van der Waals surface area (Å²) in [6, 6.07) is 5.54. The molecule has 0 aliphatic carbocycles. The number of hydrogen-bond donors (Lipinski definition) is 2. The van der Waals surface area contributed by atoms with Crippen LogP contribution in [0.5, 0.6) is 0 Å². The van der Waals surface area contributed by atoms with E-state index in [1.165, 1.54) is 0 Å². The van der Waals surface area contributed by atoms with Gasteiger partial charge >= 0.3 is 0 Å². The second-order valence-electron chi connectivity index (χ2n) is 3.39. The van der Waals surface area contributed by atoms with Gasteiger partial charge in [-0.05, 0) is 18.6 Å². The molecule has 0 radical (unpaired) electrons. The molecule has 80 valence electrons. The lowest BCUT2D eigenvalue weighted by Crippen LogP contribution is -2.38. The van der Waals surface area contributed by atoms with E-state index in [1.54, 1.807) is 0 Å². The Morgan fingerprint density at radius 2 is 2.00 bits per heavy atom. The molecule has 1 aliphatic rings. The average molecular weight is 244 g/mol. The summed E-state index contributed by atoms with van der Waals surface area (Å²) in [6.45, 7) is 0.699. The summed E-state index contributed by atoms with van der Waals surface area (Å²) in [7, 11) is 0. The predicted octanol–water partition coefficient (Wildman–Crippen LogP) is 2.34. The molecule has 3 N–H and O–H groups in total. The molecule has 0 amide bonds. The largest absolute Gasteiger partial charge is 0.370 e. The number of nitrogens with one attached hydrogen (secondary N) is 1. The van der Waals surface area contributed by atoms with E-state index in [2.05, 4.69) is 10.3 Å². The van der Waals surface area contributed by atoms with Crippen LogP contribution in [-0.4, -0.2) is 12.5 Å². The summed E-state index contributed by atoms with van der Waals surface area (Å²) in [5.74, 6) is 0.447. The maximum absolute atomic E-state index is 6.11. The summed E-state index contributed by atoms with van der Waals surface area (Å²) in [6.07, 6.45) is 0.851. The van der Waals surface area contributed by atoms with Crippen molar-refractivity contribution >= 4 is 29.2 Å². The maximum Gasteiger partial charge on any atom is 0.189 e. The molecule has 1 heterocycles. The van der Waals surface area contributed by atoms with E-state index in [-0.39, 0.29) is 6.04 Å². The summed E-state index contributed by atoms with van der Waals surface area (Å²) < 4.78 is 0. The first-order valence-electron chi connectivity index (χ1n) is 4.69. The molecule has 0 saturated heterocycles. The monoisotopic (exact) mass is 243 g/mol. The van der Waals surface area contributed by atoms with Crippen LogP contribution >= 0.6 is 23.2 Å². The Morgan fingerprint density at radius 3 is 2.60 bits per heavy atom. The smallest absolute Gasteiger partial charge is 0.189 e. The molecular formula is C10H11Cl2N3. The third-order valence-corrected chi connectivity index (χ3v) is 3.03. The molecule has 2 rings (SSSR count). The van der Waals surface area contributed by atoms with Crippen LogP contribution in [0.2, 0.25) is 10.0 Å². The highest BCUT2D eigenvalue weighted by Crippen LogP contribution is 2.32. The Hall–Kier alpha value is -0.930. The zero-order valence-corrected chi connectivity index (χ0v) is 9.52. The van der Waals surface area contributed by atoms with Crippen molar-refractivity contribution in [1.29, 1.82) is 0 Å². The van der Waals surface area contributed by atoms with Crippen LogP contribution in [0.25, 0.3) is 0 Å². The maximum atomic E-state index is 6.11. The van der Waals surface area contributed by atoms with Crippen molar-refractivity contribution in [2.45, 2.75) is 12.5 Å². The minimum atomic E-state index is 0.0590. The van der Waals surface area contributed by atoms with Crippen molar-refractivity contribution in [1.82, 2.24) is 5.32 Å². The number of halogens is 2. The molecule has 1 unspecified atom stereocenters. The summed E-state index contributed by atoms with van der Waals surface area (Å²) in [5, 5.41) is 4.40. The zero-order valence-electron chi connectivity index (χ0n) is 8.00. The van der Waals surface area contributed by atoms with Crippen molar-refractivity contribution in [3.63, 3.8) is 0 Å². The third kappa shape index (κ3) is 2.19. The fourth-order valence-corrected chi connectivity index (χ4v) is 2.33. The molecule has 1 aliphatic heterocycles. The number of aliphatic imine (C=N–C) groups is 1. The number of hydrogen-bond acceptors (Lipinski definition) is 3. The van der Waals surface area contributed by atoms with Crippen LogP contribution in [-0.2, 0) is 0 Å². The fraction of sp³-hybridized carbons (Fsp3) is 0.300. The van der Waals surface area contributed by atoms with Gasteiger partial charge < -0.3 is 11.1 Å². The number of rotatable bonds is 1. The molecular weight excluding hydrogens is 233 g/mol. The first kappa shape index (κ1) is 10.6. The van der Waals surface area contributed by atoms with Gasteiger partial charge in [0, 0.05) is 22.2 Å². The van der Waals surface area contributed by atoms with E-state index < -0.39 is 0 Å². The van der Waals surface area contributed by atoms with E-state index in [9.17, 15) is 0 Å². The lowest BCUT2D eigenvalue weighted by Gasteiger charge is -2.24. The first-order valence-corrected chi connectivity index (χ1v) is 5.44. The van der Waals surface area contributed by atoms with Crippen molar-refractivity contribution in [3.05, 3.63) is 33.8 Å². The highest BCUT2D eigenvalue weighted by Gasteiger charge is 2.20. The van der Waals surface area contributed by atoms with Crippen molar-refractivity contribution < 1.29 is 0 Å². The van der Waals surface area contributed by atoms with E-state index >= 15 is 0 Å².